The number of carbonyl (C=O) groups excluding carboxylic acids is 3. The van der Waals surface area contributed by atoms with Gasteiger partial charge in [0.25, 0.3) is 12.4 Å². The molecule has 4 N–H and O–H groups in total. The molecule has 0 bridgehead atoms. The molecule has 1 heterocycles. The van der Waals surface area contributed by atoms with Crippen LogP contribution in [-0.2, 0) is 19.1 Å². The molecule has 1 aliphatic heterocycles. The zero-order chi connectivity index (χ0) is 22.6. The molecule has 1 aliphatic carbocycles. The Balaban J connectivity index is 0.00000107. The summed E-state index contributed by atoms with van der Waals surface area (Å²) in [7, 11) is 0. The molecule has 0 aromatic heterocycles. The standard InChI is InChI=1S/C21H29N3O4.CH2O2/c1-14(25)23-17-8-6-16(7-9-17)21(27)24-18-10-4-15(5-11-18)20(26)22-13-19-3-2-12-28-19;2-1-3/h6-9,15,18-19H,2-5,10-13H2,1H3,(H,22,26)(H,23,25)(H,24,27);1H,(H,2,3). The van der Waals surface area contributed by atoms with E-state index in [0.717, 1.165) is 45.1 Å². The Morgan fingerprint density at radius 2 is 1.74 bits per heavy atom. The van der Waals surface area contributed by atoms with Crippen LogP contribution < -0.4 is 16.0 Å². The van der Waals surface area contributed by atoms with E-state index in [4.69, 9.17) is 14.6 Å². The van der Waals surface area contributed by atoms with Crippen molar-refractivity contribution in [3.05, 3.63) is 29.8 Å². The molecule has 2 fully saturated rings. The van der Waals surface area contributed by atoms with Crippen molar-refractivity contribution in [1.82, 2.24) is 10.6 Å². The van der Waals surface area contributed by atoms with Crippen molar-refractivity contribution in [3.63, 3.8) is 0 Å². The van der Waals surface area contributed by atoms with Crippen LogP contribution in [0, 0.1) is 5.92 Å². The number of ether oxygens (including phenoxy) is 1. The summed E-state index contributed by atoms with van der Waals surface area (Å²) in [5, 5.41) is 15.6. The zero-order valence-electron chi connectivity index (χ0n) is 17.8. The predicted octanol–water partition coefficient (Wildman–Crippen LogP) is 1.93. The van der Waals surface area contributed by atoms with Gasteiger partial charge in [-0.2, -0.15) is 0 Å². The Hall–Kier alpha value is -2.94. The first kappa shape index (κ1) is 24.3. The van der Waals surface area contributed by atoms with Crippen molar-refractivity contribution in [1.29, 1.82) is 0 Å². The van der Waals surface area contributed by atoms with Crippen LogP contribution in [-0.4, -0.2) is 54.6 Å². The second kappa shape index (κ2) is 12.7. The van der Waals surface area contributed by atoms with Gasteiger partial charge in [0.05, 0.1) is 6.10 Å². The van der Waals surface area contributed by atoms with E-state index in [9.17, 15) is 14.4 Å². The van der Waals surface area contributed by atoms with Gasteiger partial charge < -0.3 is 25.8 Å². The van der Waals surface area contributed by atoms with Gasteiger partial charge in [-0.3, -0.25) is 19.2 Å². The summed E-state index contributed by atoms with van der Waals surface area (Å²) >= 11 is 0. The Morgan fingerprint density at radius 1 is 1.10 bits per heavy atom. The molecule has 1 aromatic rings. The molecule has 170 valence electrons. The van der Waals surface area contributed by atoms with Crippen molar-refractivity contribution < 1.29 is 29.0 Å². The normalized spacial score (nSPS) is 22.4. The highest BCUT2D eigenvalue weighted by Gasteiger charge is 2.28. The summed E-state index contributed by atoms with van der Waals surface area (Å²) in [5.74, 6) is -0.144. The molecule has 2 aliphatic rings. The Labute approximate surface area is 181 Å². The maximum absolute atomic E-state index is 12.4. The van der Waals surface area contributed by atoms with Crippen molar-refractivity contribution in [2.45, 2.75) is 57.6 Å². The molecule has 3 amide bonds. The van der Waals surface area contributed by atoms with Crippen LogP contribution in [0.15, 0.2) is 24.3 Å². The van der Waals surface area contributed by atoms with Gasteiger partial charge in [0.15, 0.2) is 0 Å². The fourth-order valence-corrected chi connectivity index (χ4v) is 3.84. The molecule has 9 nitrogen and oxygen atoms in total. The van der Waals surface area contributed by atoms with Gasteiger partial charge in [-0.25, -0.2) is 0 Å². The molecule has 9 heteroatoms. The summed E-state index contributed by atoms with van der Waals surface area (Å²) < 4.78 is 5.54. The van der Waals surface area contributed by atoms with Crippen molar-refractivity contribution >= 4 is 29.9 Å². The quantitative estimate of drug-likeness (QED) is 0.507. The van der Waals surface area contributed by atoms with Crippen molar-refractivity contribution in [3.8, 4) is 0 Å². The highest BCUT2D eigenvalue weighted by Crippen LogP contribution is 2.25. The third kappa shape index (κ3) is 8.37. The highest BCUT2D eigenvalue weighted by molar-refractivity contribution is 5.95. The largest absolute Gasteiger partial charge is 0.483 e. The number of anilines is 1. The van der Waals surface area contributed by atoms with Gasteiger partial charge in [-0.1, -0.05) is 0 Å². The number of amides is 3. The van der Waals surface area contributed by atoms with Gasteiger partial charge in [-0.05, 0) is 62.8 Å². The van der Waals surface area contributed by atoms with Crippen LogP contribution in [0.5, 0.6) is 0 Å². The van der Waals surface area contributed by atoms with Gasteiger partial charge in [0.1, 0.15) is 0 Å². The smallest absolute Gasteiger partial charge is 0.290 e. The lowest BCUT2D eigenvalue weighted by Gasteiger charge is -2.28. The topological polar surface area (TPSA) is 134 Å². The van der Waals surface area contributed by atoms with E-state index in [1.807, 2.05) is 0 Å². The van der Waals surface area contributed by atoms with E-state index in [-0.39, 0.29) is 42.3 Å². The van der Waals surface area contributed by atoms with Crippen molar-refractivity contribution in [2.24, 2.45) is 5.92 Å². The third-order valence-corrected chi connectivity index (χ3v) is 5.43. The summed E-state index contributed by atoms with van der Waals surface area (Å²) in [4.78, 5) is 44.2. The molecule has 1 saturated carbocycles. The fourth-order valence-electron chi connectivity index (χ4n) is 3.84. The third-order valence-electron chi connectivity index (χ3n) is 5.43. The van der Waals surface area contributed by atoms with Crippen LogP contribution in [0.3, 0.4) is 0 Å². The van der Waals surface area contributed by atoms with Crippen molar-refractivity contribution in [2.75, 3.05) is 18.5 Å². The second-order valence-corrected chi connectivity index (χ2v) is 7.77. The molecule has 31 heavy (non-hydrogen) atoms. The first-order chi connectivity index (χ1) is 14.9. The molecule has 1 atom stereocenters. The second-order valence-electron chi connectivity index (χ2n) is 7.77. The van der Waals surface area contributed by atoms with E-state index >= 15 is 0 Å². The fraction of sp³-hybridized carbons (Fsp3) is 0.545. The number of nitrogens with one attached hydrogen (secondary N) is 3. The van der Waals surface area contributed by atoms with Crippen LogP contribution in [0.2, 0.25) is 0 Å². The minimum absolute atomic E-state index is 0.0199. The molecule has 1 saturated heterocycles. The average molecular weight is 434 g/mol. The summed E-state index contributed by atoms with van der Waals surface area (Å²) in [5.41, 5.74) is 1.23. The number of benzene rings is 1. The summed E-state index contributed by atoms with van der Waals surface area (Å²) in [6.45, 7) is 2.59. The van der Waals surface area contributed by atoms with E-state index in [1.54, 1.807) is 24.3 Å². The predicted molar refractivity (Wildman–Crippen MR) is 115 cm³/mol. The first-order valence-corrected chi connectivity index (χ1v) is 10.6. The van der Waals surface area contributed by atoms with Gasteiger partial charge in [0, 0.05) is 43.3 Å². The first-order valence-electron chi connectivity index (χ1n) is 10.6. The minimum atomic E-state index is -0.250. The Morgan fingerprint density at radius 3 is 2.29 bits per heavy atom. The summed E-state index contributed by atoms with van der Waals surface area (Å²) in [6.07, 6.45) is 5.41. The van der Waals surface area contributed by atoms with Crippen LogP contribution in [0.25, 0.3) is 0 Å². The number of carbonyl (C=O) groups is 4. The summed E-state index contributed by atoms with van der Waals surface area (Å²) in [6, 6.07) is 6.91. The monoisotopic (exact) mass is 433 g/mol. The number of carboxylic acid groups (broad SMARTS) is 1. The average Bonchev–Trinajstić information content (AvgIpc) is 3.27. The highest BCUT2D eigenvalue weighted by atomic mass is 16.5. The van der Waals surface area contributed by atoms with Gasteiger partial charge >= 0.3 is 0 Å². The molecule has 1 unspecified atom stereocenters. The molecule has 0 radical (unpaired) electrons. The van der Waals surface area contributed by atoms with Crippen LogP contribution in [0.4, 0.5) is 5.69 Å². The molecule has 3 rings (SSSR count). The molecular weight excluding hydrogens is 402 g/mol. The Bertz CT molecular complexity index is 738. The lowest BCUT2D eigenvalue weighted by atomic mass is 9.85. The zero-order valence-corrected chi connectivity index (χ0v) is 17.8. The number of rotatable bonds is 6. The van der Waals surface area contributed by atoms with Crippen LogP contribution >= 0.6 is 0 Å². The van der Waals surface area contributed by atoms with Gasteiger partial charge in [0.2, 0.25) is 11.8 Å². The SMILES string of the molecule is CC(=O)Nc1ccc(C(=O)NC2CCC(C(=O)NCC3CCCO3)CC2)cc1.O=CO. The maximum Gasteiger partial charge on any atom is 0.290 e. The molecule has 1 aromatic carbocycles. The van der Waals surface area contributed by atoms with E-state index in [0.29, 0.717) is 17.8 Å². The number of hydrogen-bond donors (Lipinski definition) is 4. The number of hydrogen-bond acceptors (Lipinski definition) is 5. The molecular formula is C22H31N3O6. The Kier molecular flexibility index (Phi) is 9.96. The minimum Gasteiger partial charge on any atom is -0.483 e. The molecule has 0 spiro atoms. The van der Waals surface area contributed by atoms with E-state index in [2.05, 4.69) is 16.0 Å². The van der Waals surface area contributed by atoms with Gasteiger partial charge in [-0.15, -0.1) is 0 Å². The van der Waals surface area contributed by atoms with Crippen LogP contribution in [0.1, 0.15) is 55.8 Å². The van der Waals surface area contributed by atoms with E-state index < -0.39 is 0 Å². The lowest BCUT2D eigenvalue weighted by Crippen LogP contribution is -2.42. The van der Waals surface area contributed by atoms with E-state index in [1.165, 1.54) is 6.92 Å². The lowest BCUT2D eigenvalue weighted by molar-refractivity contribution is -0.126. The maximum atomic E-state index is 12.4.